The molecule has 0 atom stereocenters. The van der Waals surface area contributed by atoms with Crippen molar-refractivity contribution in [2.45, 2.75) is 125 Å². The molecule has 0 aliphatic carbocycles. The Balaban J connectivity index is 0. The van der Waals surface area contributed by atoms with Crippen LogP contribution in [-0.4, -0.2) is 14.1 Å². The van der Waals surface area contributed by atoms with Gasteiger partial charge >= 0.3 is 0 Å². The Labute approximate surface area is 454 Å². The molecule has 2 nitrogen and oxygen atoms in total. The number of fused-ring (bicyclic) bond motifs is 11. The number of para-hydroxylation sites is 4. The second-order valence-electron chi connectivity index (χ2n) is 13.8. The lowest BCUT2D eigenvalue weighted by atomic mass is 9.95. The molecular formula is C72H98N2. The van der Waals surface area contributed by atoms with E-state index in [1.165, 1.54) is 78.0 Å². The fourth-order valence-corrected chi connectivity index (χ4v) is 7.66. The summed E-state index contributed by atoms with van der Waals surface area (Å²) in [7, 11) is 4.28. The Morgan fingerprint density at radius 3 is 0.473 bits per heavy atom. The molecule has 2 heteroatoms. The third-order valence-electron chi connectivity index (χ3n) is 10.4. The first-order valence-electron chi connectivity index (χ1n) is 28.2. The molecular weight excluding hydrogens is 893 g/mol. The summed E-state index contributed by atoms with van der Waals surface area (Å²) in [6.07, 6.45) is 0. The molecule has 0 spiro atoms. The van der Waals surface area contributed by atoms with Crippen LogP contribution >= 0.6 is 0 Å². The second kappa shape index (κ2) is 44.5. The molecule has 0 unspecified atom stereocenters. The van der Waals surface area contributed by atoms with Crippen LogP contribution in [0.2, 0.25) is 0 Å². The molecule has 0 saturated heterocycles. The van der Waals surface area contributed by atoms with E-state index in [0.29, 0.717) is 0 Å². The average Bonchev–Trinajstić information content (AvgIpc) is 3.71. The van der Waals surface area contributed by atoms with Crippen LogP contribution < -0.4 is 9.80 Å². The van der Waals surface area contributed by atoms with E-state index in [1.54, 1.807) is 0 Å². The van der Waals surface area contributed by atoms with Crippen molar-refractivity contribution < 1.29 is 0 Å². The molecule has 9 aromatic rings. The maximum atomic E-state index is 2.28. The van der Waals surface area contributed by atoms with Crippen LogP contribution in [0.3, 0.4) is 0 Å². The molecule has 0 saturated carbocycles. The van der Waals surface area contributed by atoms with Gasteiger partial charge in [-0.05, 0) is 57.3 Å². The Morgan fingerprint density at radius 1 is 0.162 bits per heavy atom. The predicted octanol–water partition coefficient (Wildman–Crippen LogP) is 24.0. The maximum absolute atomic E-state index is 2.28. The molecule has 74 heavy (non-hydrogen) atoms. The van der Waals surface area contributed by atoms with Crippen LogP contribution in [0.15, 0.2) is 231 Å². The van der Waals surface area contributed by atoms with Gasteiger partial charge in [0.2, 0.25) is 0 Å². The van der Waals surface area contributed by atoms with Crippen molar-refractivity contribution >= 4 is 33.5 Å². The molecule has 9 aromatic carbocycles. The van der Waals surface area contributed by atoms with Gasteiger partial charge in [0.15, 0.2) is 0 Å². The zero-order valence-corrected chi connectivity index (χ0v) is 49.8. The molecule has 0 amide bonds. The Hall–Kier alpha value is -7.16. The number of hydrogen-bond donors (Lipinski definition) is 0. The average molecular weight is 992 g/mol. The molecule has 2 aliphatic rings. The van der Waals surface area contributed by atoms with Crippen molar-refractivity contribution in [3.05, 3.63) is 231 Å². The minimum Gasteiger partial charge on any atom is -0.344 e. The van der Waals surface area contributed by atoms with E-state index in [0.717, 1.165) is 0 Å². The fraction of sp³-hybridized carbons (Fsp3) is 0.278. The predicted molar refractivity (Wildman–Crippen MR) is 343 cm³/mol. The summed E-state index contributed by atoms with van der Waals surface area (Å²) < 4.78 is 0. The van der Waals surface area contributed by atoms with E-state index < -0.39 is 0 Å². The standard InChI is InChI=1S/2C19H15N.C10H8.C6H6.9C2H6/c2*1-20-18-12-6-4-10-16(18)14-8-2-3-9-15(14)17-11-5-7-13-19(17)20;1-2-6-10-8-4-3-7-9(10)5-1;1-2-4-6-5-3-1;9*1-2/h2*2-13H,1H3;1-8H;1-6H;9*1-2H3. The SMILES string of the molecule is CC.CC.CC.CC.CC.CC.CC.CC.CC.CN1c2ccccc2-c2ccccc2-c2ccccc21.CN1c2ccccc2-c2ccccc2-c2ccccc21.c1ccc2ccccc2c1.c1ccccc1. The summed E-state index contributed by atoms with van der Waals surface area (Å²) in [5.41, 5.74) is 15.4. The lowest BCUT2D eigenvalue weighted by Crippen LogP contribution is -2.09. The number of benzene rings is 9. The lowest BCUT2D eigenvalue weighted by Gasteiger charge is -2.21. The largest absolute Gasteiger partial charge is 0.344 e. The van der Waals surface area contributed by atoms with E-state index >= 15 is 0 Å². The third kappa shape index (κ3) is 20.0. The molecule has 0 N–H and O–H groups in total. The van der Waals surface area contributed by atoms with Crippen LogP contribution in [0.4, 0.5) is 22.7 Å². The molecule has 11 rings (SSSR count). The summed E-state index contributed by atoms with van der Waals surface area (Å²) in [6, 6.07) is 80.4. The Morgan fingerprint density at radius 2 is 0.297 bits per heavy atom. The lowest BCUT2D eigenvalue weighted by molar-refractivity contribution is 1.22. The topological polar surface area (TPSA) is 6.48 Å². The minimum atomic E-state index is 1.25. The second-order valence-corrected chi connectivity index (χ2v) is 13.8. The quantitative estimate of drug-likeness (QED) is 0.149. The Bertz CT molecular complexity index is 2340. The summed E-state index contributed by atoms with van der Waals surface area (Å²) in [5.74, 6) is 0. The first-order chi connectivity index (χ1) is 36.7. The molecule has 0 radical (unpaired) electrons. The highest BCUT2D eigenvalue weighted by molar-refractivity contribution is 6.00. The van der Waals surface area contributed by atoms with Crippen molar-refractivity contribution in [2.24, 2.45) is 0 Å². The van der Waals surface area contributed by atoms with Gasteiger partial charge < -0.3 is 9.80 Å². The van der Waals surface area contributed by atoms with Gasteiger partial charge in [-0.1, -0.05) is 331 Å². The molecule has 396 valence electrons. The minimum absolute atomic E-state index is 1.25. The summed E-state index contributed by atoms with van der Waals surface area (Å²) >= 11 is 0. The van der Waals surface area contributed by atoms with Crippen LogP contribution in [-0.2, 0) is 0 Å². The molecule has 0 aromatic heterocycles. The van der Waals surface area contributed by atoms with Gasteiger partial charge in [0.25, 0.3) is 0 Å². The van der Waals surface area contributed by atoms with Crippen molar-refractivity contribution in [3.63, 3.8) is 0 Å². The molecule has 2 aliphatic heterocycles. The van der Waals surface area contributed by atoms with Crippen LogP contribution in [0, 0.1) is 0 Å². The van der Waals surface area contributed by atoms with Crippen molar-refractivity contribution in [1.82, 2.24) is 0 Å². The highest BCUT2D eigenvalue weighted by Crippen LogP contribution is 2.48. The van der Waals surface area contributed by atoms with E-state index in [-0.39, 0.29) is 0 Å². The van der Waals surface area contributed by atoms with Gasteiger partial charge in [0, 0.05) is 59.1 Å². The van der Waals surface area contributed by atoms with Crippen molar-refractivity contribution in [3.8, 4) is 44.5 Å². The van der Waals surface area contributed by atoms with Crippen molar-refractivity contribution in [2.75, 3.05) is 23.9 Å². The van der Waals surface area contributed by atoms with Gasteiger partial charge in [-0.15, -0.1) is 0 Å². The van der Waals surface area contributed by atoms with Gasteiger partial charge in [-0.25, -0.2) is 0 Å². The molecule has 0 fully saturated rings. The van der Waals surface area contributed by atoms with Gasteiger partial charge in [0.1, 0.15) is 0 Å². The van der Waals surface area contributed by atoms with Gasteiger partial charge in [-0.3, -0.25) is 0 Å². The molecule has 0 bridgehead atoms. The summed E-state index contributed by atoms with van der Waals surface area (Å²) in [6.45, 7) is 36.0. The summed E-state index contributed by atoms with van der Waals surface area (Å²) in [4.78, 5) is 4.56. The highest BCUT2D eigenvalue weighted by Gasteiger charge is 2.22. The van der Waals surface area contributed by atoms with E-state index in [4.69, 9.17) is 0 Å². The van der Waals surface area contributed by atoms with E-state index in [1.807, 2.05) is 161 Å². The first kappa shape index (κ1) is 68.9. The number of rotatable bonds is 0. The fourth-order valence-electron chi connectivity index (χ4n) is 7.66. The normalized spacial score (nSPS) is 9.30. The molecule has 2 heterocycles. The highest BCUT2D eigenvalue weighted by atomic mass is 15.1. The Kier molecular flexibility index (Phi) is 41.5. The number of nitrogens with zero attached hydrogens (tertiary/aromatic N) is 2. The van der Waals surface area contributed by atoms with Crippen LogP contribution in [0.25, 0.3) is 55.3 Å². The van der Waals surface area contributed by atoms with Crippen molar-refractivity contribution in [1.29, 1.82) is 0 Å². The zero-order chi connectivity index (χ0) is 56.1. The first-order valence-corrected chi connectivity index (χ1v) is 28.2. The van der Waals surface area contributed by atoms with Gasteiger partial charge in [-0.2, -0.15) is 0 Å². The van der Waals surface area contributed by atoms with E-state index in [9.17, 15) is 0 Å². The monoisotopic (exact) mass is 991 g/mol. The van der Waals surface area contributed by atoms with Crippen LogP contribution in [0.1, 0.15) is 125 Å². The summed E-state index contributed by atoms with van der Waals surface area (Å²) in [5, 5.41) is 2.62. The van der Waals surface area contributed by atoms with Crippen LogP contribution in [0.5, 0.6) is 0 Å². The smallest absolute Gasteiger partial charge is 0.0488 e. The zero-order valence-electron chi connectivity index (χ0n) is 49.8. The van der Waals surface area contributed by atoms with E-state index in [2.05, 4.69) is 218 Å². The number of hydrogen-bond acceptors (Lipinski definition) is 2. The third-order valence-corrected chi connectivity index (χ3v) is 10.4. The van der Waals surface area contributed by atoms with Gasteiger partial charge in [0.05, 0.1) is 0 Å². The maximum Gasteiger partial charge on any atom is 0.0488 e. The number of anilines is 4.